The van der Waals surface area contributed by atoms with Crippen LogP contribution < -0.4 is 11.1 Å². The van der Waals surface area contributed by atoms with Gasteiger partial charge in [0.1, 0.15) is 11.2 Å². The van der Waals surface area contributed by atoms with Crippen LogP contribution in [0.25, 0.3) is 10.2 Å². The third-order valence-electron chi connectivity index (χ3n) is 6.69. The van der Waals surface area contributed by atoms with Gasteiger partial charge in [0, 0.05) is 22.7 Å². The number of carbonyl (C=O) groups excluding carboxylic acids is 1. The molecule has 3 heterocycles. The number of rotatable bonds is 6. The fourth-order valence-electron chi connectivity index (χ4n) is 5.20. The number of ether oxygens (including phenoxy) is 1. The highest BCUT2D eigenvalue weighted by molar-refractivity contribution is 7.18. The average molecular weight is 401 g/mol. The van der Waals surface area contributed by atoms with E-state index in [0.29, 0.717) is 24.4 Å². The van der Waals surface area contributed by atoms with Crippen molar-refractivity contribution in [2.45, 2.75) is 69.4 Å². The zero-order valence-electron chi connectivity index (χ0n) is 16.2. The minimum atomic E-state index is -0.210. The number of hydrogen-bond acceptors (Lipinski definition) is 6. The molecule has 6 nitrogen and oxygen atoms in total. The molecule has 3 aliphatic rings. The number of hydrogen-bond donors (Lipinski definition) is 2. The van der Waals surface area contributed by atoms with Gasteiger partial charge in [0.2, 0.25) is 5.91 Å². The van der Waals surface area contributed by atoms with Gasteiger partial charge >= 0.3 is 0 Å². The van der Waals surface area contributed by atoms with Crippen molar-refractivity contribution in [1.82, 2.24) is 15.3 Å². The molecule has 2 aliphatic carbocycles. The highest BCUT2D eigenvalue weighted by Crippen LogP contribution is 2.46. The molecule has 0 unspecified atom stereocenters. The van der Waals surface area contributed by atoms with Crippen LogP contribution in [-0.4, -0.2) is 41.2 Å². The molecule has 0 spiro atoms. The summed E-state index contributed by atoms with van der Waals surface area (Å²) < 4.78 is 5.27. The summed E-state index contributed by atoms with van der Waals surface area (Å²) in [5.74, 6) is 0.717. The van der Waals surface area contributed by atoms with Gasteiger partial charge < -0.3 is 15.8 Å². The van der Waals surface area contributed by atoms with Gasteiger partial charge in [0.05, 0.1) is 24.9 Å². The predicted octanol–water partition coefficient (Wildman–Crippen LogP) is 2.69. The molecule has 0 radical (unpaired) electrons. The van der Waals surface area contributed by atoms with E-state index in [-0.39, 0.29) is 11.8 Å². The van der Waals surface area contributed by atoms with Crippen LogP contribution in [-0.2, 0) is 22.4 Å². The maximum absolute atomic E-state index is 11.5. The van der Waals surface area contributed by atoms with Gasteiger partial charge in [0.25, 0.3) is 0 Å². The van der Waals surface area contributed by atoms with Crippen LogP contribution >= 0.6 is 11.3 Å². The largest absolute Gasteiger partial charge is 0.378 e. The van der Waals surface area contributed by atoms with E-state index in [0.717, 1.165) is 37.3 Å². The molecule has 1 saturated carbocycles. The molecule has 2 aromatic heterocycles. The maximum Gasteiger partial charge on any atom is 0.218 e. The number of nitrogens with zero attached hydrogens (tertiary/aromatic N) is 2. The number of primary amides is 1. The fraction of sp³-hybridized carbons (Fsp3) is 0.667. The molecule has 0 bridgehead atoms. The van der Waals surface area contributed by atoms with Crippen molar-refractivity contribution in [2.75, 3.05) is 13.2 Å². The second-order valence-corrected chi connectivity index (χ2v) is 9.75. The zero-order chi connectivity index (χ0) is 19.1. The Morgan fingerprint density at radius 2 is 2.00 bits per heavy atom. The second kappa shape index (κ2) is 7.69. The monoisotopic (exact) mass is 400 g/mol. The molecule has 150 valence electrons. The number of nitrogens with two attached hydrogens (primary N) is 1. The summed E-state index contributed by atoms with van der Waals surface area (Å²) >= 11 is 1.78. The molecule has 1 aliphatic heterocycles. The van der Waals surface area contributed by atoms with E-state index in [1.807, 2.05) is 0 Å². The molecule has 2 fully saturated rings. The molecule has 0 aromatic carbocycles. The summed E-state index contributed by atoms with van der Waals surface area (Å²) in [7, 11) is 0. The van der Waals surface area contributed by atoms with Crippen LogP contribution in [0.2, 0.25) is 0 Å². The van der Waals surface area contributed by atoms with Crippen LogP contribution in [0.4, 0.5) is 0 Å². The van der Waals surface area contributed by atoms with Gasteiger partial charge in [-0.3, -0.25) is 4.79 Å². The van der Waals surface area contributed by atoms with Crippen molar-refractivity contribution in [2.24, 2.45) is 11.7 Å². The minimum Gasteiger partial charge on any atom is -0.378 e. The van der Waals surface area contributed by atoms with Crippen molar-refractivity contribution in [3.05, 3.63) is 22.5 Å². The van der Waals surface area contributed by atoms with Crippen molar-refractivity contribution in [3.63, 3.8) is 0 Å². The number of fused-ring (bicyclic) bond motifs is 3. The Morgan fingerprint density at radius 3 is 2.71 bits per heavy atom. The lowest BCUT2D eigenvalue weighted by molar-refractivity contribution is -0.118. The zero-order valence-corrected chi connectivity index (χ0v) is 17.0. The van der Waals surface area contributed by atoms with Gasteiger partial charge in [-0.25, -0.2) is 9.97 Å². The molecular formula is C21H28N4O2S. The summed E-state index contributed by atoms with van der Waals surface area (Å²) in [5.41, 5.74) is 8.02. The number of carbonyl (C=O) groups is 1. The first kappa shape index (κ1) is 18.5. The van der Waals surface area contributed by atoms with Crippen LogP contribution in [0.1, 0.15) is 60.6 Å². The van der Waals surface area contributed by atoms with Gasteiger partial charge in [-0.05, 0) is 62.3 Å². The van der Waals surface area contributed by atoms with Crippen molar-refractivity contribution in [1.29, 1.82) is 0 Å². The topological polar surface area (TPSA) is 90.1 Å². The van der Waals surface area contributed by atoms with Crippen molar-refractivity contribution in [3.8, 4) is 0 Å². The van der Waals surface area contributed by atoms with E-state index in [4.69, 9.17) is 15.5 Å². The Balaban J connectivity index is 1.32. The highest BCUT2D eigenvalue weighted by Gasteiger charge is 2.32. The highest BCUT2D eigenvalue weighted by atomic mass is 32.1. The van der Waals surface area contributed by atoms with E-state index in [9.17, 15) is 4.79 Å². The predicted molar refractivity (Wildman–Crippen MR) is 109 cm³/mol. The standard InChI is InChI=1S/C21H28N4O2S/c22-18(26)8-13-3-6-17-19(13)20-16(23-11-24-21(20)28-17)7-12-1-4-14(5-2-12)25-15-9-27-10-15/h11-15,25H,1-10H2,(H2,22,26)/t12-,13-,14-/m1/s1. The normalized spacial score (nSPS) is 27.6. The molecule has 1 atom stereocenters. The first-order valence-corrected chi connectivity index (χ1v) is 11.4. The van der Waals surface area contributed by atoms with E-state index in [2.05, 4.69) is 10.3 Å². The number of thiophene rings is 1. The fourth-order valence-corrected chi connectivity index (χ4v) is 6.47. The van der Waals surface area contributed by atoms with E-state index in [1.54, 1.807) is 17.7 Å². The van der Waals surface area contributed by atoms with Crippen molar-refractivity contribution < 1.29 is 9.53 Å². The molecule has 1 amide bonds. The quantitative estimate of drug-likeness (QED) is 0.778. The van der Waals surface area contributed by atoms with Gasteiger partial charge in [0.15, 0.2) is 0 Å². The van der Waals surface area contributed by atoms with Crippen LogP contribution in [0.5, 0.6) is 0 Å². The maximum atomic E-state index is 11.5. The summed E-state index contributed by atoms with van der Waals surface area (Å²) in [6.07, 6.45) is 10.2. The first-order valence-electron chi connectivity index (χ1n) is 10.5. The number of nitrogens with one attached hydrogen (secondary N) is 1. The van der Waals surface area contributed by atoms with Crippen LogP contribution in [0.15, 0.2) is 6.33 Å². The third kappa shape index (κ3) is 3.55. The van der Waals surface area contributed by atoms with Gasteiger partial charge in [-0.15, -0.1) is 11.3 Å². The first-order chi connectivity index (χ1) is 13.7. The Morgan fingerprint density at radius 1 is 1.18 bits per heavy atom. The Bertz CT molecular complexity index is 871. The number of aromatic nitrogens is 2. The summed E-state index contributed by atoms with van der Waals surface area (Å²) in [4.78, 5) is 23.3. The summed E-state index contributed by atoms with van der Waals surface area (Å²) in [6, 6.07) is 1.21. The van der Waals surface area contributed by atoms with E-state index >= 15 is 0 Å². The third-order valence-corrected chi connectivity index (χ3v) is 7.87. The Labute approximate surface area is 169 Å². The van der Waals surface area contributed by atoms with Crippen molar-refractivity contribution >= 4 is 27.5 Å². The lowest BCUT2D eigenvalue weighted by Gasteiger charge is -2.35. The average Bonchev–Trinajstić information content (AvgIpc) is 3.19. The molecule has 28 heavy (non-hydrogen) atoms. The van der Waals surface area contributed by atoms with Crippen LogP contribution in [0, 0.1) is 5.92 Å². The molecule has 7 heteroatoms. The molecule has 2 aromatic rings. The summed E-state index contributed by atoms with van der Waals surface area (Å²) in [6.45, 7) is 1.74. The lowest BCUT2D eigenvalue weighted by Crippen LogP contribution is -2.51. The number of aryl methyl sites for hydroxylation is 1. The smallest absolute Gasteiger partial charge is 0.218 e. The Kier molecular flexibility index (Phi) is 5.07. The lowest BCUT2D eigenvalue weighted by atomic mass is 9.82. The summed E-state index contributed by atoms with van der Waals surface area (Å²) in [5, 5.41) is 4.96. The van der Waals surface area contributed by atoms with Gasteiger partial charge in [-0.1, -0.05) is 0 Å². The van der Waals surface area contributed by atoms with Crippen LogP contribution in [0.3, 0.4) is 0 Å². The Hall–Kier alpha value is -1.57. The number of amides is 1. The SMILES string of the molecule is NC(=O)C[C@H]1CCc2sc3ncnc(C[C@H]4CC[C@H](NC5COC5)CC4)c3c21. The van der Waals surface area contributed by atoms with E-state index in [1.165, 1.54) is 47.2 Å². The molecule has 1 saturated heterocycles. The second-order valence-electron chi connectivity index (χ2n) is 8.67. The molecule has 5 rings (SSSR count). The van der Waals surface area contributed by atoms with E-state index < -0.39 is 0 Å². The van der Waals surface area contributed by atoms with Gasteiger partial charge in [-0.2, -0.15) is 0 Å². The molecular weight excluding hydrogens is 372 g/mol. The molecule has 3 N–H and O–H groups in total. The minimum absolute atomic E-state index is 0.210.